The Morgan fingerprint density at radius 3 is 2.40 bits per heavy atom. The first-order valence-corrected chi connectivity index (χ1v) is 8.06. The number of hydrogen-bond acceptors (Lipinski definition) is 3. The standard InChI is InChI=1S/C16H25N3S/c1-10(2)19-14(6)16(13(5)18-19)12(4)17-9-15-8-7-11(3)20-15/h7-8,10,12,17H,9H2,1-6H3/t12-/m0/s1. The van der Waals surface area contributed by atoms with Crippen molar-refractivity contribution < 1.29 is 0 Å². The third kappa shape index (κ3) is 3.13. The zero-order chi connectivity index (χ0) is 14.9. The van der Waals surface area contributed by atoms with Gasteiger partial charge in [-0.15, -0.1) is 11.3 Å². The second-order valence-electron chi connectivity index (χ2n) is 5.74. The number of aromatic nitrogens is 2. The van der Waals surface area contributed by atoms with Crippen LogP contribution in [0.4, 0.5) is 0 Å². The smallest absolute Gasteiger partial charge is 0.0644 e. The molecule has 20 heavy (non-hydrogen) atoms. The average molecular weight is 291 g/mol. The summed E-state index contributed by atoms with van der Waals surface area (Å²) in [6.07, 6.45) is 0. The van der Waals surface area contributed by atoms with E-state index in [1.807, 2.05) is 11.3 Å². The normalized spacial score (nSPS) is 13.2. The first-order chi connectivity index (χ1) is 9.40. The molecule has 0 aliphatic carbocycles. The maximum absolute atomic E-state index is 4.67. The third-order valence-corrected chi connectivity index (χ3v) is 4.68. The summed E-state index contributed by atoms with van der Waals surface area (Å²) < 4.78 is 2.12. The Bertz CT molecular complexity index is 581. The van der Waals surface area contributed by atoms with Crippen molar-refractivity contribution in [2.24, 2.45) is 0 Å². The van der Waals surface area contributed by atoms with Crippen LogP contribution < -0.4 is 5.32 Å². The van der Waals surface area contributed by atoms with Crippen LogP contribution in [0.25, 0.3) is 0 Å². The third-order valence-electron chi connectivity index (χ3n) is 3.68. The predicted octanol–water partition coefficient (Wildman–Crippen LogP) is 4.30. The SMILES string of the molecule is Cc1ccc(CN[C@@H](C)c2c(C)nn(C(C)C)c2C)s1. The molecule has 110 valence electrons. The fraction of sp³-hybridized carbons (Fsp3) is 0.562. The summed E-state index contributed by atoms with van der Waals surface area (Å²) in [4.78, 5) is 2.76. The molecule has 2 rings (SSSR count). The van der Waals surface area contributed by atoms with Crippen LogP contribution in [0.2, 0.25) is 0 Å². The molecule has 0 spiro atoms. The molecule has 2 heterocycles. The van der Waals surface area contributed by atoms with Gasteiger partial charge in [-0.1, -0.05) is 0 Å². The number of hydrogen-bond donors (Lipinski definition) is 1. The van der Waals surface area contributed by atoms with Gasteiger partial charge in [0.15, 0.2) is 0 Å². The highest BCUT2D eigenvalue weighted by Crippen LogP contribution is 2.24. The molecule has 4 heteroatoms. The average Bonchev–Trinajstić information content (AvgIpc) is 2.91. The van der Waals surface area contributed by atoms with Gasteiger partial charge in [-0.25, -0.2) is 0 Å². The van der Waals surface area contributed by atoms with Crippen molar-refractivity contribution in [1.82, 2.24) is 15.1 Å². The van der Waals surface area contributed by atoms with Crippen LogP contribution in [0.5, 0.6) is 0 Å². The van der Waals surface area contributed by atoms with Crippen LogP contribution in [0.15, 0.2) is 12.1 Å². The number of rotatable bonds is 5. The van der Waals surface area contributed by atoms with Crippen LogP contribution in [-0.4, -0.2) is 9.78 Å². The summed E-state index contributed by atoms with van der Waals surface area (Å²) in [5.41, 5.74) is 3.75. The van der Waals surface area contributed by atoms with Gasteiger partial charge in [-0.05, 0) is 53.7 Å². The number of nitrogens with zero attached hydrogens (tertiary/aromatic N) is 2. The molecule has 0 aliphatic heterocycles. The minimum absolute atomic E-state index is 0.324. The van der Waals surface area contributed by atoms with Gasteiger partial charge in [0.25, 0.3) is 0 Å². The Kier molecular flexibility index (Phi) is 4.66. The largest absolute Gasteiger partial charge is 0.305 e. The van der Waals surface area contributed by atoms with E-state index in [9.17, 15) is 0 Å². The summed E-state index contributed by atoms with van der Waals surface area (Å²) in [5.74, 6) is 0. The first-order valence-electron chi connectivity index (χ1n) is 7.24. The minimum atomic E-state index is 0.324. The second-order valence-corrected chi connectivity index (χ2v) is 7.11. The molecule has 0 saturated heterocycles. The van der Waals surface area contributed by atoms with Crippen molar-refractivity contribution >= 4 is 11.3 Å². The van der Waals surface area contributed by atoms with Gasteiger partial charge in [0.05, 0.1) is 5.69 Å². The molecule has 3 nitrogen and oxygen atoms in total. The molecule has 0 fully saturated rings. The van der Waals surface area contributed by atoms with Gasteiger partial charge in [0.1, 0.15) is 0 Å². The van der Waals surface area contributed by atoms with E-state index in [2.05, 4.69) is 68.8 Å². The van der Waals surface area contributed by atoms with Gasteiger partial charge in [-0.3, -0.25) is 4.68 Å². The van der Waals surface area contributed by atoms with E-state index in [-0.39, 0.29) is 0 Å². The van der Waals surface area contributed by atoms with Gasteiger partial charge in [0, 0.05) is 39.6 Å². The lowest BCUT2D eigenvalue weighted by Gasteiger charge is -2.15. The molecule has 0 unspecified atom stereocenters. The first kappa shape index (κ1) is 15.3. The van der Waals surface area contributed by atoms with Crippen molar-refractivity contribution in [3.8, 4) is 0 Å². The van der Waals surface area contributed by atoms with Crippen molar-refractivity contribution in [2.75, 3.05) is 0 Å². The predicted molar refractivity (Wildman–Crippen MR) is 86.4 cm³/mol. The van der Waals surface area contributed by atoms with Crippen molar-refractivity contribution in [2.45, 2.75) is 60.2 Å². The fourth-order valence-electron chi connectivity index (χ4n) is 2.74. The van der Waals surface area contributed by atoms with E-state index >= 15 is 0 Å². The Hall–Kier alpha value is -1.13. The summed E-state index contributed by atoms with van der Waals surface area (Å²) >= 11 is 1.86. The molecule has 2 aromatic rings. The topological polar surface area (TPSA) is 29.9 Å². The lowest BCUT2D eigenvalue weighted by molar-refractivity contribution is 0.512. The quantitative estimate of drug-likeness (QED) is 0.890. The summed E-state index contributed by atoms with van der Waals surface area (Å²) in [6, 6.07) is 5.12. The van der Waals surface area contributed by atoms with Gasteiger partial charge >= 0.3 is 0 Å². The molecule has 1 atom stereocenters. The van der Waals surface area contributed by atoms with E-state index in [1.165, 1.54) is 21.0 Å². The van der Waals surface area contributed by atoms with E-state index in [0.717, 1.165) is 12.2 Å². The molecule has 0 saturated carbocycles. The zero-order valence-corrected chi connectivity index (χ0v) is 14.1. The zero-order valence-electron chi connectivity index (χ0n) is 13.3. The highest BCUT2D eigenvalue weighted by Gasteiger charge is 2.18. The Morgan fingerprint density at radius 2 is 1.90 bits per heavy atom. The Labute approximate surface area is 126 Å². The van der Waals surface area contributed by atoms with Crippen LogP contribution >= 0.6 is 11.3 Å². The molecule has 0 bridgehead atoms. The number of nitrogens with one attached hydrogen (secondary N) is 1. The lowest BCUT2D eigenvalue weighted by atomic mass is 10.1. The monoisotopic (exact) mass is 291 g/mol. The maximum atomic E-state index is 4.67. The maximum Gasteiger partial charge on any atom is 0.0644 e. The van der Waals surface area contributed by atoms with Crippen molar-refractivity contribution in [1.29, 1.82) is 0 Å². The van der Waals surface area contributed by atoms with E-state index in [4.69, 9.17) is 0 Å². The van der Waals surface area contributed by atoms with Crippen molar-refractivity contribution in [3.63, 3.8) is 0 Å². The van der Waals surface area contributed by atoms with E-state index in [1.54, 1.807) is 0 Å². The molecule has 2 aromatic heterocycles. The van der Waals surface area contributed by atoms with Crippen LogP contribution in [0, 0.1) is 20.8 Å². The summed E-state index contributed by atoms with van der Waals surface area (Å²) in [7, 11) is 0. The summed E-state index contributed by atoms with van der Waals surface area (Å²) in [6.45, 7) is 13.9. The van der Waals surface area contributed by atoms with Crippen LogP contribution in [0.3, 0.4) is 0 Å². The number of thiophene rings is 1. The van der Waals surface area contributed by atoms with Crippen LogP contribution in [0.1, 0.15) is 59.6 Å². The number of aryl methyl sites for hydroxylation is 2. The molecule has 1 N–H and O–H groups in total. The van der Waals surface area contributed by atoms with Gasteiger partial charge in [0.2, 0.25) is 0 Å². The van der Waals surface area contributed by atoms with Gasteiger partial charge < -0.3 is 5.32 Å². The molecule has 0 aliphatic rings. The molecule has 0 amide bonds. The summed E-state index contributed by atoms with van der Waals surface area (Å²) in [5, 5.41) is 8.29. The molecule has 0 aromatic carbocycles. The van der Waals surface area contributed by atoms with Crippen molar-refractivity contribution in [3.05, 3.63) is 38.8 Å². The van der Waals surface area contributed by atoms with E-state index < -0.39 is 0 Å². The highest BCUT2D eigenvalue weighted by molar-refractivity contribution is 7.11. The highest BCUT2D eigenvalue weighted by atomic mass is 32.1. The molecular weight excluding hydrogens is 266 g/mol. The fourth-order valence-corrected chi connectivity index (χ4v) is 3.58. The van der Waals surface area contributed by atoms with E-state index in [0.29, 0.717) is 12.1 Å². The van der Waals surface area contributed by atoms with Gasteiger partial charge in [-0.2, -0.15) is 5.10 Å². The minimum Gasteiger partial charge on any atom is -0.305 e. The Balaban J connectivity index is 2.11. The Morgan fingerprint density at radius 1 is 1.20 bits per heavy atom. The molecule has 0 radical (unpaired) electrons. The lowest BCUT2D eigenvalue weighted by Crippen LogP contribution is -2.19. The molecular formula is C16H25N3S. The second kappa shape index (κ2) is 6.10. The van der Waals surface area contributed by atoms with Crippen LogP contribution in [-0.2, 0) is 6.54 Å².